The summed E-state index contributed by atoms with van der Waals surface area (Å²) in [6.45, 7) is 1.93. The summed E-state index contributed by atoms with van der Waals surface area (Å²) in [4.78, 5) is 14.8. The largest absolute Gasteiger partial charge is 0.379 e. The number of halogens is 2. The van der Waals surface area contributed by atoms with Gasteiger partial charge in [-0.3, -0.25) is 4.79 Å². The van der Waals surface area contributed by atoms with Crippen molar-refractivity contribution in [3.63, 3.8) is 0 Å². The van der Waals surface area contributed by atoms with Gasteiger partial charge in [0.2, 0.25) is 5.91 Å². The van der Waals surface area contributed by atoms with Gasteiger partial charge in [-0.15, -0.1) is 0 Å². The third-order valence-corrected chi connectivity index (χ3v) is 7.71. The van der Waals surface area contributed by atoms with E-state index < -0.39 is 0 Å². The number of amides is 1. The highest BCUT2D eigenvalue weighted by Gasteiger charge is 2.63. The third kappa shape index (κ3) is 2.81. The van der Waals surface area contributed by atoms with Gasteiger partial charge in [-0.05, 0) is 48.8 Å². The van der Waals surface area contributed by atoms with E-state index in [1.165, 1.54) is 6.07 Å². The predicted molar refractivity (Wildman–Crippen MR) is 110 cm³/mol. The van der Waals surface area contributed by atoms with Crippen LogP contribution in [0.3, 0.4) is 0 Å². The topological polar surface area (TPSA) is 39.4 Å². The summed E-state index contributed by atoms with van der Waals surface area (Å²) in [5.41, 5.74) is 2.39. The van der Waals surface area contributed by atoms with Crippen molar-refractivity contribution in [3.8, 4) is 0 Å². The van der Waals surface area contributed by atoms with E-state index in [9.17, 15) is 9.18 Å². The first-order valence-electron chi connectivity index (χ1n) is 9.90. The first kappa shape index (κ1) is 19.3. The molecule has 1 aromatic carbocycles. The zero-order chi connectivity index (χ0) is 20.5. The molecule has 3 aliphatic rings. The quantitative estimate of drug-likeness (QED) is 0.689. The number of likely N-dealkylation sites (N-methyl/N-ethyl adjacent to an activating group) is 1. The molecule has 154 valence electrons. The minimum atomic E-state index is -0.296. The standard InChI is InChI=1S/C21H23ClFN3O2S/c1-24(13-5-6-28-10-13)18(27)8-17-19-15-9-21(15,11-26(19)20(29)25(17)2)14-7-12(22)3-4-16(14)23/h3-4,7,13,15H,5-6,8-11H2,1-2H3/t13?,15?,21-/m1/s1. The number of hydrogen-bond acceptors (Lipinski definition) is 3. The van der Waals surface area contributed by atoms with Crippen molar-refractivity contribution in [2.75, 3.05) is 20.3 Å². The molecule has 1 amide bonds. The van der Waals surface area contributed by atoms with Crippen molar-refractivity contribution in [1.82, 2.24) is 14.0 Å². The molecule has 2 aromatic rings. The molecule has 8 heteroatoms. The van der Waals surface area contributed by atoms with Gasteiger partial charge in [-0.1, -0.05) is 11.6 Å². The van der Waals surface area contributed by atoms with Crippen LogP contribution in [0.1, 0.15) is 35.7 Å². The molecule has 3 heterocycles. The first-order chi connectivity index (χ1) is 13.8. The first-order valence-corrected chi connectivity index (χ1v) is 10.7. The number of ether oxygens (including phenoxy) is 1. The van der Waals surface area contributed by atoms with Gasteiger partial charge in [0.25, 0.3) is 0 Å². The van der Waals surface area contributed by atoms with Gasteiger partial charge in [-0.25, -0.2) is 4.39 Å². The van der Waals surface area contributed by atoms with E-state index >= 15 is 0 Å². The molecule has 2 fully saturated rings. The van der Waals surface area contributed by atoms with Crippen LogP contribution >= 0.6 is 23.8 Å². The lowest BCUT2D eigenvalue weighted by molar-refractivity contribution is -0.131. The van der Waals surface area contributed by atoms with Crippen molar-refractivity contribution < 1.29 is 13.9 Å². The molecule has 1 aromatic heterocycles. The second kappa shape index (κ2) is 6.65. The van der Waals surface area contributed by atoms with E-state index in [2.05, 4.69) is 4.57 Å². The van der Waals surface area contributed by atoms with E-state index in [0.717, 1.165) is 24.2 Å². The Labute approximate surface area is 179 Å². The molecule has 2 aliphatic heterocycles. The number of fused-ring (bicyclic) bond motifs is 3. The van der Waals surface area contributed by atoms with Crippen molar-refractivity contribution in [3.05, 3.63) is 50.8 Å². The summed E-state index contributed by atoms with van der Waals surface area (Å²) in [5.74, 6) is 0.00409. The van der Waals surface area contributed by atoms with Crippen molar-refractivity contribution in [1.29, 1.82) is 0 Å². The van der Waals surface area contributed by atoms with Crippen LogP contribution in [-0.2, 0) is 35.0 Å². The normalized spacial score (nSPS) is 27.0. The molecule has 1 aliphatic carbocycles. The maximum absolute atomic E-state index is 14.6. The van der Waals surface area contributed by atoms with Gasteiger partial charge < -0.3 is 18.8 Å². The van der Waals surface area contributed by atoms with Gasteiger partial charge >= 0.3 is 0 Å². The highest BCUT2D eigenvalue weighted by Crippen LogP contribution is 2.66. The summed E-state index contributed by atoms with van der Waals surface area (Å²) < 4.78 is 24.8. The van der Waals surface area contributed by atoms with Crippen LogP contribution in [0.4, 0.5) is 4.39 Å². The second-order valence-corrected chi connectivity index (χ2v) is 9.30. The summed E-state index contributed by atoms with van der Waals surface area (Å²) >= 11 is 11.8. The minimum absolute atomic E-state index is 0.0617. The van der Waals surface area contributed by atoms with Crippen LogP contribution in [0.25, 0.3) is 0 Å². The molecular weight excluding hydrogens is 413 g/mol. The van der Waals surface area contributed by atoms with Crippen LogP contribution in [0, 0.1) is 10.6 Å². The van der Waals surface area contributed by atoms with Gasteiger partial charge in [0, 0.05) is 55.0 Å². The Morgan fingerprint density at radius 1 is 1.48 bits per heavy atom. The van der Waals surface area contributed by atoms with Crippen LogP contribution < -0.4 is 0 Å². The number of carbonyl (C=O) groups excluding carboxylic acids is 1. The molecule has 5 rings (SSSR count). The zero-order valence-corrected chi connectivity index (χ0v) is 18.0. The lowest BCUT2D eigenvalue weighted by Gasteiger charge is -2.23. The third-order valence-electron chi connectivity index (χ3n) is 6.99. The fourth-order valence-electron chi connectivity index (χ4n) is 5.16. The fourth-order valence-corrected chi connectivity index (χ4v) is 5.61. The Balaban J connectivity index is 1.47. The highest BCUT2D eigenvalue weighted by atomic mass is 35.5. The molecule has 0 N–H and O–H groups in total. The summed E-state index contributed by atoms with van der Waals surface area (Å²) in [5, 5.41) is 0.540. The maximum Gasteiger partial charge on any atom is 0.228 e. The average molecular weight is 436 g/mol. The molecule has 29 heavy (non-hydrogen) atoms. The Hall–Kier alpha value is -1.70. The summed E-state index contributed by atoms with van der Waals surface area (Å²) in [6.07, 6.45) is 2.02. The van der Waals surface area contributed by atoms with Crippen LogP contribution in [0.5, 0.6) is 0 Å². The van der Waals surface area contributed by atoms with Crippen molar-refractivity contribution in [2.24, 2.45) is 7.05 Å². The molecule has 1 saturated carbocycles. The fraction of sp³-hybridized carbons (Fsp3) is 0.524. The Morgan fingerprint density at radius 3 is 3.00 bits per heavy atom. The number of hydrogen-bond donors (Lipinski definition) is 0. The molecule has 2 unspecified atom stereocenters. The zero-order valence-electron chi connectivity index (χ0n) is 16.5. The van der Waals surface area contributed by atoms with E-state index in [4.69, 9.17) is 28.6 Å². The number of benzene rings is 1. The lowest BCUT2D eigenvalue weighted by atomic mass is 9.93. The average Bonchev–Trinajstić information content (AvgIpc) is 3.02. The number of carbonyl (C=O) groups is 1. The minimum Gasteiger partial charge on any atom is -0.379 e. The maximum atomic E-state index is 14.6. The van der Waals surface area contributed by atoms with Gasteiger partial charge in [0.15, 0.2) is 4.77 Å². The van der Waals surface area contributed by atoms with E-state index in [-0.39, 0.29) is 29.1 Å². The molecule has 1 saturated heterocycles. The van der Waals surface area contributed by atoms with E-state index in [0.29, 0.717) is 41.5 Å². The second-order valence-electron chi connectivity index (χ2n) is 8.50. The molecule has 3 atom stereocenters. The number of aromatic nitrogens is 2. The number of rotatable bonds is 4. The van der Waals surface area contributed by atoms with E-state index in [1.807, 2.05) is 18.7 Å². The van der Waals surface area contributed by atoms with Gasteiger partial charge in [0.1, 0.15) is 5.82 Å². The summed E-state index contributed by atoms with van der Waals surface area (Å²) in [7, 11) is 3.76. The number of imidazole rings is 1. The van der Waals surface area contributed by atoms with Gasteiger partial charge in [0.05, 0.1) is 19.1 Å². The monoisotopic (exact) mass is 435 g/mol. The Kier molecular flexibility index (Phi) is 4.42. The summed E-state index contributed by atoms with van der Waals surface area (Å²) in [6, 6.07) is 4.89. The Bertz CT molecular complexity index is 1070. The smallest absolute Gasteiger partial charge is 0.228 e. The lowest BCUT2D eigenvalue weighted by Crippen LogP contribution is -2.38. The Morgan fingerprint density at radius 2 is 2.28 bits per heavy atom. The number of nitrogens with zero attached hydrogens (tertiary/aromatic N) is 3. The molecular formula is C21H23ClFN3O2S. The molecule has 0 spiro atoms. The van der Waals surface area contributed by atoms with Gasteiger partial charge in [-0.2, -0.15) is 0 Å². The van der Waals surface area contributed by atoms with Crippen LogP contribution in [0.15, 0.2) is 18.2 Å². The molecule has 5 nitrogen and oxygen atoms in total. The molecule has 0 bridgehead atoms. The van der Waals surface area contributed by atoms with Crippen LogP contribution in [-0.4, -0.2) is 46.2 Å². The van der Waals surface area contributed by atoms with Crippen molar-refractivity contribution in [2.45, 2.75) is 43.2 Å². The van der Waals surface area contributed by atoms with Crippen molar-refractivity contribution >= 4 is 29.7 Å². The highest BCUT2D eigenvalue weighted by molar-refractivity contribution is 7.71. The predicted octanol–water partition coefficient (Wildman–Crippen LogP) is 3.58. The molecule has 0 radical (unpaired) electrons. The van der Waals surface area contributed by atoms with Crippen LogP contribution in [0.2, 0.25) is 5.02 Å². The SMILES string of the molecule is CN(C(=O)Cc1c2n(c(=S)n1C)C[C@@]1(c3cc(Cl)ccc3F)CC21)C1CCOC1. The van der Waals surface area contributed by atoms with E-state index in [1.54, 1.807) is 17.0 Å².